The van der Waals surface area contributed by atoms with E-state index in [2.05, 4.69) is 64.6 Å². The number of benzene rings is 4. The van der Waals surface area contributed by atoms with Crippen molar-refractivity contribution in [3.05, 3.63) is 229 Å². The van der Waals surface area contributed by atoms with Crippen molar-refractivity contribution in [3.63, 3.8) is 0 Å². The van der Waals surface area contributed by atoms with Gasteiger partial charge in [-0.3, -0.25) is 42.0 Å². The molecule has 11 heterocycles. The number of piperidine rings is 1. The number of nitrogens with one attached hydrogen (secondary N) is 3. The quantitative estimate of drug-likeness (QED) is 0.0386. The largest absolute Gasteiger partial charge is 0.496 e. The number of hydrogen-bond donors (Lipinski definition) is 6. The molecule has 0 spiro atoms. The maximum absolute atomic E-state index is 13.5. The normalized spacial score (nSPS) is 15.8. The predicted octanol–water partition coefficient (Wildman–Crippen LogP) is 11.6. The number of carbonyl (C=O) groups excluding carboxylic acids is 6. The molecule has 576 valence electrons. The first kappa shape index (κ1) is 76.6. The number of pyridine rings is 2. The molecule has 1 saturated carbocycles. The van der Waals surface area contributed by atoms with Gasteiger partial charge >= 0.3 is 0 Å². The lowest BCUT2D eigenvalue weighted by Gasteiger charge is -2.34. The van der Waals surface area contributed by atoms with E-state index in [1.165, 1.54) is 25.3 Å². The number of nitrogens with zero attached hydrogens (tertiary/aromatic N) is 15. The van der Waals surface area contributed by atoms with Gasteiger partial charge in [0.15, 0.2) is 0 Å². The Balaban J connectivity index is 0.000000142. The summed E-state index contributed by atoms with van der Waals surface area (Å²) in [5.41, 5.74) is 26.6. The number of likely N-dealkylation sites (N-methyl/N-ethyl adjacent to an activating group) is 1. The zero-order valence-electron chi connectivity index (χ0n) is 63.1. The molecule has 28 nitrogen and oxygen atoms in total. The van der Waals surface area contributed by atoms with Gasteiger partial charge in [0.25, 0.3) is 29.5 Å². The van der Waals surface area contributed by atoms with E-state index in [1.54, 1.807) is 146 Å². The van der Waals surface area contributed by atoms with Gasteiger partial charge in [0.2, 0.25) is 5.91 Å². The van der Waals surface area contributed by atoms with Gasteiger partial charge in [-0.1, -0.05) is 66.4 Å². The molecule has 16 rings (SSSR count). The Morgan fingerprint density at radius 1 is 0.526 bits per heavy atom. The van der Waals surface area contributed by atoms with Gasteiger partial charge in [0, 0.05) is 121 Å². The van der Waals surface area contributed by atoms with E-state index >= 15 is 0 Å². The Morgan fingerprint density at radius 2 is 1.01 bits per heavy atom. The Bertz CT molecular complexity index is 5780. The third-order valence-corrected chi connectivity index (χ3v) is 19.9. The van der Waals surface area contributed by atoms with Crippen LogP contribution in [0.1, 0.15) is 131 Å². The molecule has 114 heavy (non-hydrogen) atoms. The number of nitrogens with two attached hydrogens (primary N) is 3. The SMILES string of the molecule is CC#CC(=O)N1CCC[C@H]1c1nc(-c2ccc(C(=O)Nc3ccccn3)c(OC)c2)c2c(N)nccn12.CN(C)C/C=C/C(=O)N1CCCC[C@H]1c1nc(-c2ccc(C(=O)Nc3cccc(F)c3)cc2)c2c(N)nccn12.Nc1nccn2c([C@@H]3CCCN3C(=O)C#CC3CC3)nc(-c3ccc(C(=O)Nc4ccccn4)cc3)c12. The first-order chi connectivity index (χ1) is 55.4. The Labute approximate surface area is 655 Å². The maximum Gasteiger partial charge on any atom is 0.299 e. The van der Waals surface area contributed by atoms with Gasteiger partial charge in [-0.2, -0.15) is 0 Å². The highest BCUT2D eigenvalue weighted by Gasteiger charge is 2.37. The average Bonchev–Trinajstić information content (AvgIpc) is 1.61. The first-order valence-corrected chi connectivity index (χ1v) is 37.4. The van der Waals surface area contributed by atoms with Crippen molar-refractivity contribution < 1.29 is 37.9 Å². The fraction of sp³-hybridized carbons (Fsp3) is 0.247. The lowest BCUT2D eigenvalue weighted by molar-refractivity contribution is -0.130. The summed E-state index contributed by atoms with van der Waals surface area (Å²) in [6.07, 6.45) is 25.2. The smallest absolute Gasteiger partial charge is 0.299 e. The minimum Gasteiger partial charge on any atom is -0.496 e. The van der Waals surface area contributed by atoms with Crippen molar-refractivity contribution in [2.45, 2.75) is 82.8 Å². The number of anilines is 6. The number of likely N-dealkylation sites (tertiary alicyclic amines) is 3. The summed E-state index contributed by atoms with van der Waals surface area (Å²) in [4.78, 5) is 121. The van der Waals surface area contributed by atoms with Crippen LogP contribution in [0.25, 0.3) is 50.3 Å². The molecule has 0 radical (unpaired) electrons. The number of imidazole rings is 3. The summed E-state index contributed by atoms with van der Waals surface area (Å²) in [6, 6.07) is 35.0. The van der Waals surface area contributed by atoms with Crippen molar-refractivity contribution in [3.8, 4) is 63.2 Å². The van der Waals surface area contributed by atoms with E-state index in [0.717, 1.165) is 80.6 Å². The van der Waals surface area contributed by atoms with Gasteiger partial charge < -0.3 is 57.5 Å². The molecule has 6 amide bonds. The van der Waals surface area contributed by atoms with Crippen LogP contribution in [0, 0.1) is 35.4 Å². The predicted molar refractivity (Wildman–Crippen MR) is 431 cm³/mol. The van der Waals surface area contributed by atoms with Crippen molar-refractivity contribution in [1.82, 2.24) is 72.7 Å². The average molecular weight is 1530 g/mol. The number of fused-ring (bicyclic) bond motifs is 3. The maximum atomic E-state index is 13.5. The fourth-order valence-corrected chi connectivity index (χ4v) is 14.3. The molecule has 29 heteroatoms. The van der Waals surface area contributed by atoms with Crippen LogP contribution < -0.4 is 37.9 Å². The van der Waals surface area contributed by atoms with Crippen LogP contribution in [0.2, 0.25) is 0 Å². The molecule has 0 bridgehead atoms. The third kappa shape index (κ3) is 16.9. The van der Waals surface area contributed by atoms with E-state index in [1.807, 2.05) is 78.7 Å². The Kier molecular flexibility index (Phi) is 23.1. The minimum absolute atomic E-state index is 0.0412. The molecule has 9 N–H and O–H groups in total. The summed E-state index contributed by atoms with van der Waals surface area (Å²) in [5.74, 6) is 14.2. The van der Waals surface area contributed by atoms with E-state index in [-0.39, 0.29) is 53.6 Å². The molecular formula is C85H82FN21O7. The monoisotopic (exact) mass is 1530 g/mol. The van der Waals surface area contributed by atoms with Gasteiger partial charge in [-0.15, -0.1) is 0 Å². The number of rotatable bonds is 16. The van der Waals surface area contributed by atoms with Crippen LogP contribution in [-0.4, -0.2) is 156 Å². The highest BCUT2D eigenvalue weighted by molar-refractivity contribution is 6.07. The number of ether oxygens (including phenoxy) is 1. The third-order valence-electron chi connectivity index (χ3n) is 19.9. The van der Waals surface area contributed by atoms with Crippen LogP contribution in [0.3, 0.4) is 0 Å². The zero-order chi connectivity index (χ0) is 79.5. The van der Waals surface area contributed by atoms with E-state index in [0.29, 0.717) is 134 Å². The Morgan fingerprint density at radius 3 is 1.50 bits per heavy atom. The van der Waals surface area contributed by atoms with E-state index < -0.39 is 5.82 Å². The standard InChI is InChI=1S/C30H32FN7O2.C28H25N7O2.C27H25N7O3/c1-36(2)16-6-10-25(39)37-17-4-3-9-24(37)29-35-26(27-28(32)33-15-18-38(27)29)20-11-13-21(14-12-20)30(40)34-23-8-5-7-22(31)19-23;29-26-25-24(19-9-11-20(12-10-19)28(37)32-22-5-1-2-14-30-22)33-27(35(25)17-15-31-26)21-4-3-16-34(21)23(36)13-8-18-6-7-18;1-3-7-22(35)33-14-6-8-19(33)26-32-23(24-25(28)30-13-15-34(24)26)17-10-11-18(20(16-17)37-2)27(36)31-21-9-4-5-12-29-21/h5-8,10-15,18-19,24H,3-4,9,16-17H2,1-2H3,(H2,32,33)(H,34,40);1-2,5,9-12,14-15,17-18,21H,3-4,6-7,16H2,(H2,29,31)(H,30,32,37);4-5,9-13,15-16,19H,6,8,14H2,1-2H3,(H2,28,30)(H,29,31,36)/b10-6+;;/t24-;21-;19-/m000/s1. The molecule has 4 aromatic carbocycles. The second-order valence-electron chi connectivity index (χ2n) is 27.9. The molecule has 8 aromatic heterocycles. The summed E-state index contributed by atoms with van der Waals surface area (Å²) < 4.78 is 24.8. The molecule has 4 aliphatic rings. The molecular weight excluding hydrogens is 1450 g/mol. The zero-order valence-corrected chi connectivity index (χ0v) is 63.1. The van der Waals surface area contributed by atoms with Crippen LogP contribution in [0.4, 0.5) is 39.2 Å². The summed E-state index contributed by atoms with van der Waals surface area (Å²) in [6.45, 7) is 4.23. The molecule has 12 aromatic rings. The summed E-state index contributed by atoms with van der Waals surface area (Å²) in [7, 11) is 5.41. The van der Waals surface area contributed by atoms with Crippen LogP contribution in [-0.2, 0) is 14.4 Å². The van der Waals surface area contributed by atoms with Crippen LogP contribution in [0.15, 0.2) is 189 Å². The highest BCUT2D eigenvalue weighted by Crippen LogP contribution is 2.41. The number of hydrogen-bond acceptors (Lipinski definition) is 19. The molecule has 3 saturated heterocycles. The second-order valence-corrected chi connectivity index (χ2v) is 27.9. The van der Waals surface area contributed by atoms with Gasteiger partial charge in [0.05, 0.1) is 30.8 Å². The lowest BCUT2D eigenvalue weighted by atomic mass is 10.0. The van der Waals surface area contributed by atoms with Gasteiger partial charge in [-0.05, 0) is 170 Å². The summed E-state index contributed by atoms with van der Waals surface area (Å²) in [5, 5.41) is 8.26. The van der Waals surface area contributed by atoms with Crippen molar-refractivity contribution in [1.29, 1.82) is 0 Å². The molecule has 0 unspecified atom stereocenters. The number of aromatic nitrogens is 11. The topological polar surface area (TPSA) is 355 Å². The van der Waals surface area contributed by atoms with E-state index in [9.17, 15) is 33.2 Å². The van der Waals surface area contributed by atoms with Crippen LogP contribution >= 0.6 is 0 Å². The lowest BCUT2D eigenvalue weighted by Crippen LogP contribution is -2.38. The first-order valence-electron chi connectivity index (χ1n) is 37.4. The fourth-order valence-electron chi connectivity index (χ4n) is 14.3. The Hall–Kier alpha value is -14.2. The number of amides is 6. The van der Waals surface area contributed by atoms with Crippen molar-refractivity contribution >= 4 is 86.8 Å². The molecule has 1 aliphatic carbocycles. The summed E-state index contributed by atoms with van der Waals surface area (Å²) >= 11 is 0. The molecule has 3 atom stereocenters. The number of carbonyl (C=O) groups is 6. The van der Waals surface area contributed by atoms with Crippen molar-refractivity contribution in [2.75, 3.05) is 80.5 Å². The number of halogens is 1. The van der Waals surface area contributed by atoms with Gasteiger partial charge in [-0.25, -0.2) is 44.3 Å². The number of methoxy groups -OCH3 is 1. The highest BCUT2D eigenvalue weighted by atomic mass is 19.1. The van der Waals surface area contributed by atoms with Crippen LogP contribution in [0.5, 0.6) is 5.75 Å². The van der Waals surface area contributed by atoms with Gasteiger partial charge in [0.1, 0.15) is 91.8 Å². The number of nitrogen functional groups attached to an aromatic ring is 3. The van der Waals surface area contributed by atoms with Crippen molar-refractivity contribution in [2.24, 2.45) is 5.92 Å². The molecule has 4 fully saturated rings. The van der Waals surface area contributed by atoms with E-state index in [4.69, 9.17) is 36.9 Å². The minimum atomic E-state index is -0.426. The molecule has 3 aliphatic heterocycles. The second kappa shape index (κ2) is 34.4.